The molecule has 0 aliphatic heterocycles. The molecular weight excluding hydrogens is 418 g/mol. The van der Waals surface area contributed by atoms with Gasteiger partial charge in [-0.1, -0.05) is 70.9 Å². The second kappa shape index (κ2) is 8.72. The molecule has 5 aromatic rings. The first-order valence-corrected chi connectivity index (χ1v) is 10.1. The predicted molar refractivity (Wildman–Crippen MR) is 124 cm³/mol. The minimum atomic E-state index is -0.462. The van der Waals surface area contributed by atoms with Gasteiger partial charge in [0.15, 0.2) is 5.75 Å². The molecule has 160 valence electrons. The van der Waals surface area contributed by atoms with Crippen molar-refractivity contribution in [3.8, 4) is 17.2 Å². The van der Waals surface area contributed by atoms with Gasteiger partial charge >= 0.3 is 6.01 Å². The van der Waals surface area contributed by atoms with Gasteiger partial charge in [0, 0.05) is 11.3 Å². The minimum Gasteiger partial charge on any atom is -0.505 e. The fraction of sp³-hybridized carbons (Fsp3) is 0. The van der Waals surface area contributed by atoms with Crippen LogP contribution in [0.25, 0.3) is 22.2 Å². The Balaban J connectivity index is 1.51. The van der Waals surface area contributed by atoms with E-state index < -0.39 is 5.91 Å². The number of hydrogen-bond donors (Lipinski definition) is 2. The average Bonchev–Trinajstić information content (AvgIpc) is 3.33. The Bertz CT molecular complexity index is 1460. The highest BCUT2D eigenvalue weighted by molar-refractivity contribution is 6.16. The quantitative estimate of drug-likeness (QED) is 0.316. The van der Waals surface area contributed by atoms with Crippen molar-refractivity contribution in [3.05, 3.63) is 96.6 Å². The summed E-state index contributed by atoms with van der Waals surface area (Å²) >= 11 is 0. The van der Waals surface area contributed by atoms with Crippen molar-refractivity contribution in [2.75, 3.05) is 5.32 Å². The van der Waals surface area contributed by atoms with Gasteiger partial charge < -0.3 is 14.8 Å². The van der Waals surface area contributed by atoms with E-state index in [0.717, 1.165) is 10.9 Å². The minimum absolute atomic E-state index is 0.0725. The molecule has 8 heteroatoms. The Morgan fingerprint density at radius 1 is 0.848 bits per heavy atom. The summed E-state index contributed by atoms with van der Waals surface area (Å²) in [5.41, 5.74) is 1.56. The second-order valence-electron chi connectivity index (χ2n) is 7.12. The summed E-state index contributed by atoms with van der Waals surface area (Å²) in [5.74, 6) is -0.458. The Labute approximate surface area is 188 Å². The number of fused-ring (bicyclic) bond motifs is 1. The smallest absolute Gasteiger partial charge is 0.361 e. The van der Waals surface area contributed by atoms with Gasteiger partial charge in [-0.15, -0.1) is 10.2 Å². The number of para-hydroxylation sites is 1. The number of amides is 1. The van der Waals surface area contributed by atoms with E-state index in [9.17, 15) is 9.90 Å². The fourth-order valence-corrected chi connectivity index (χ4v) is 3.39. The molecule has 0 spiro atoms. The molecule has 0 bridgehead atoms. The number of nitrogens with zero attached hydrogens (tertiary/aromatic N) is 4. The number of aromatic hydroxyl groups is 1. The first-order valence-electron chi connectivity index (χ1n) is 10.1. The summed E-state index contributed by atoms with van der Waals surface area (Å²) in [6, 6.07) is 27.1. The van der Waals surface area contributed by atoms with E-state index in [1.807, 2.05) is 60.7 Å². The fourth-order valence-electron chi connectivity index (χ4n) is 3.39. The summed E-state index contributed by atoms with van der Waals surface area (Å²) in [4.78, 5) is 13.1. The van der Waals surface area contributed by atoms with Crippen molar-refractivity contribution in [2.24, 2.45) is 10.2 Å². The number of aromatic nitrogens is 2. The Hall–Kier alpha value is -4.85. The number of phenols is 1. The third-order valence-electron chi connectivity index (χ3n) is 4.94. The van der Waals surface area contributed by atoms with E-state index in [1.54, 1.807) is 30.3 Å². The van der Waals surface area contributed by atoms with Crippen LogP contribution < -0.4 is 5.32 Å². The number of benzene rings is 4. The molecule has 1 amide bonds. The molecule has 5 rings (SSSR count). The van der Waals surface area contributed by atoms with E-state index in [4.69, 9.17) is 4.42 Å². The monoisotopic (exact) mass is 435 g/mol. The van der Waals surface area contributed by atoms with Crippen molar-refractivity contribution in [2.45, 2.75) is 0 Å². The van der Waals surface area contributed by atoms with Crippen LogP contribution in [0, 0.1) is 0 Å². The predicted octanol–water partition coefficient (Wildman–Crippen LogP) is 6.26. The molecular formula is C25H17N5O3. The highest BCUT2D eigenvalue weighted by Crippen LogP contribution is 2.38. The maximum atomic E-state index is 13.1. The largest absolute Gasteiger partial charge is 0.505 e. The first kappa shape index (κ1) is 20.1. The van der Waals surface area contributed by atoms with Crippen molar-refractivity contribution in [3.63, 3.8) is 0 Å². The molecule has 1 heterocycles. The summed E-state index contributed by atoms with van der Waals surface area (Å²) < 4.78 is 5.53. The average molecular weight is 435 g/mol. The van der Waals surface area contributed by atoms with E-state index in [-0.39, 0.29) is 23.0 Å². The molecule has 2 N–H and O–H groups in total. The molecule has 0 aliphatic rings. The van der Waals surface area contributed by atoms with Gasteiger partial charge in [0.2, 0.25) is 5.89 Å². The highest BCUT2D eigenvalue weighted by atomic mass is 16.4. The first-order chi connectivity index (χ1) is 16.2. The molecule has 0 atom stereocenters. The molecule has 0 fully saturated rings. The maximum absolute atomic E-state index is 13.1. The summed E-state index contributed by atoms with van der Waals surface area (Å²) in [7, 11) is 0. The number of phenolic OH excluding ortho intramolecular Hbond substituents is 1. The van der Waals surface area contributed by atoms with E-state index >= 15 is 0 Å². The van der Waals surface area contributed by atoms with Crippen LogP contribution in [0.1, 0.15) is 10.4 Å². The van der Waals surface area contributed by atoms with Gasteiger partial charge in [0.05, 0.1) is 5.56 Å². The number of carbonyl (C=O) groups is 1. The van der Waals surface area contributed by atoms with Crippen molar-refractivity contribution in [1.29, 1.82) is 0 Å². The van der Waals surface area contributed by atoms with Crippen molar-refractivity contribution in [1.82, 2.24) is 10.2 Å². The Kier molecular flexibility index (Phi) is 5.30. The van der Waals surface area contributed by atoms with Crippen LogP contribution in [0.15, 0.2) is 106 Å². The number of rotatable bonds is 5. The summed E-state index contributed by atoms with van der Waals surface area (Å²) in [6.45, 7) is 0. The van der Waals surface area contributed by atoms with Gasteiger partial charge in [-0.3, -0.25) is 4.79 Å². The van der Waals surface area contributed by atoms with Crippen LogP contribution in [0.5, 0.6) is 5.75 Å². The number of hydrogen-bond acceptors (Lipinski definition) is 7. The molecule has 0 saturated carbocycles. The molecule has 0 radical (unpaired) electrons. The van der Waals surface area contributed by atoms with Gasteiger partial charge in [-0.05, 0) is 41.1 Å². The van der Waals surface area contributed by atoms with E-state index in [2.05, 4.69) is 25.7 Å². The third kappa shape index (κ3) is 4.17. The number of carbonyl (C=O) groups excluding carboxylic acids is 1. The van der Waals surface area contributed by atoms with Crippen LogP contribution >= 0.6 is 0 Å². The van der Waals surface area contributed by atoms with Crippen LogP contribution in [0.3, 0.4) is 0 Å². The van der Waals surface area contributed by atoms with Crippen LogP contribution in [-0.2, 0) is 0 Å². The van der Waals surface area contributed by atoms with E-state index in [0.29, 0.717) is 17.0 Å². The SMILES string of the molecule is O=C(Nc1ccccc1)c1c(O)c(N=Nc2nnc(-c3ccccc3)o2)cc2ccccc12. The lowest BCUT2D eigenvalue weighted by atomic mass is 10.0. The lowest BCUT2D eigenvalue weighted by molar-refractivity contribution is 0.102. The van der Waals surface area contributed by atoms with Crippen LogP contribution in [-0.4, -0.2) is 21.2 Å². The molecule has 0 aliphatic carbocycles. The third-order valence-corrected chi connectivity index (χ3v) is 4.94. The van der Waals surface area contributed by atoms with Gasteiger partial charge in [0.1, 0.15) is 5.69 Å². The topological polar surface area (TPSA) is 113 Å². The zero-order chi connectivity index (χ0) is 22.6. The second-order valence-corrected chi connectivity index (χ2v) is 7.12. The van der Waals surface area contributed by atoms with Crippen LogP contribution in [0.4, 0.5) is 17.4 Å². The van der Waals surface area contributed by atoms with Gasteiger partial charge in [-0.2, -0.15) is 0 Å². The van der Waals surface area contributed by atoms with Gasteiger partial charge in [-0.25, -0.2) is 0 Å². The lowest BCUT2D eigenvalue weighted by Gasteiger charge is -2.11. The molecule has 0 saturated heterocycles. The molecule has 1 aromatic heterocycles. The van der Waals surface area contributed by atoms with Crippen LogP contribution in [0.2, 0.25) is 0 Å². The zero-order valence-corrected chi connectivity index (χ0v) is 17.2. The number of anilines is 1. The molecule has 4 aromatic carbocycles. The zero-order valence-electron chi connectivity index (χ0n) is 17.2. The Morgan fingerprint density at radius 3 is 2.33 bits per heavy atom. The lowest BCUT2D eigenvalue weighted by Crippen LogP contribution is -2.12. The molecule has 33 heavy (non-hydrogen) atoms. The van der Waals surface area contributed by atoms with Crippen molar-refractivity contribution < 1.29 is 14.3 Å². The number of azo groups is 1. The van der Waals surface area contributed by atoms with Gasteiger partial charge in [0.25, 0.3) is 5.91 Å². The highest BCUT2D eigenvalue weighted by Gasteiger charge is 2.20. The normalized spacial score (nSPS) is 11.2. The number of nitrogens with one attached hydrogen (secondary N) is 1. The Morgan fingerprint density at radius 2 is 1.55 bits per heavy atom. The summed E-state index contributed by atoms with van der Waals surface area (Å²) in [5, 5.41) is 30.9. The maximum Gasteiger partial charge on any atom is 0.361 e. The van der Waals surface area contributed by atoms with E-state index in [1.165, 1.54) is 0 Å². The van der Waals surface area contributed by atoms with Crippen molar-refractivity contribution >= 4 is 34.1 Å². The standard InChI is InChI=1S/C25H17N5O3/c31-22-20(27-29-25-30-28-24(33-25)16-9-3-1-4-10-16)15-17-11-7-8-14-19(17)21(22)23(32)26-18-12-5-2-6-13-18/h1-15,31H,(H,26,32). The molecule has 8 nitrogen and oxygen atoms in total. The summed E-state index contributed by atoms with van der Waals surface area (Å²) in [6.07, 6.45) is 0. The molecule has 0 unspecified atom stereocenters.